The monoisotopic (exact) mass is 607 g/mol. The molecule has 1 aromatic heterocycles. The van der Waals surface area contributed by atoms with Gasteiger partial charge in [0.2, 0.25) is 6.17 Å². The lowest BCUT2D eigenvalue weighted by atomic mass is 10.0. The molecule has 0 saturated carbocycles. The molecule has 248 valence electrons. The number of nitrogens with one attached hydrogen (secondary N) is 1. The van der Waals surface area contributed by atoms with Crippen LogP contribution in [-0.4, -0.2) is 6.54 Å². The maximum absolute atomic E-state index is 3.89. The molecular weight excluding hydrogens is 532 g/mol. The van der Waals surface area contributed by atoms with E-state index >= 15 is 0 Å². The van der Waals surface area contributed by atoms with Crippen LogP contribution in [0.4, 0.5) is 0 Å². The van der Waals surface area contributed by atoms with E-state index < -0.39 is 0 Å². The summed E-state index contributed by atoms with van der Waals surface area (Å²) in [6.07, 6.45) is 47.8. The highest BCUT2D eigenvalue weighted by molar-refractivity contribution is 4.84. The van der Waals surface area contributed by atoms with Crippen LogP contribution in [-0.2, 0) is 0 Å². The number of rotatable bonds is 33. The Morgan fingerprint density at radius 1 is 0.405 bits per heavy atom. The second kappa shape index (κ2) is 34.9. The molecule has 3 heteroatoms. The highest BCUT2D eigenvalue weighted by Crippen LogP contribution is 2.16. The third-order valence-corrected chi connectivity index (χ3v) is 9.09. The van der Waals surface area contributed by atoms with Gasteiger partial charge in [0, 0.05) is 25.1 Å². The second-order valence-corrected chi connectivity index (χ2v) is 13.1. The van der Waals surface area contributed by atoms with E-state index in [9.17, 15) is 0 Å². The van der Waals surface area contributed by atoms with Gasteiger partial charge in [-0.05, 0) is 12.8 Å². The van der Waals surface area contributed by atoms with Gasteiger partial charge in [-0.15, -0.1) is 0 Å². The Kier molecular flexibility index (Phi) is 34.4. The minimum absolute atomic E-state index is 0. The number of aromatic nitrogens is 1. The van der Waals surface area contributed by atoms with Crippen molar-refractivity contribution in [3.8, 4) is 0 Å². The fraction of sp³-hybridized carbons (Fsp3) is 0.872. The van der Waals surface area contributed by atoms with Gasteiger partial charge in [0.15, 0.2) is 12.4 Å². The van der Waals surface area contributed by atoms with Crippen molar-refractivity contribution in [1.82, 2.24) is 5.32 Å². The fourth-order valence-corrected chi connectivity index (χ4v) is 6.27. The van der Waals surface area contributed by atoms with Gasteiger partial charge in [0.1, 0.15) is 0 Å². The van der Waals surface area contributed by atoms with Gasteiger partial charge in [-0.1, -0.05) is 193 Å². The third kappa shape index (κ3) is 28.2. The maximum Gasteiger partial charge on any atom is 0.211 e. The van der Waals surface area contributed by atoms with Crippen molar-refractivity contribution in [2.75, 3.05) is 6.54 Å². The summed E-state index contributed by atoms with van der Waals surface area (Å²) in [6, 6.07) is 6.48. The normalized spacial score (nSPS) is 12.0. The number of halogens is 1. The van der Waals surface area contributed by atoms with Crippen molar-refractivity contribution in [2.24, 2.45) is 0 Å². The zero-order valence-corrected chi connectivity index (χ0v) is 29.5. The summed E-state index contributed by atoms with van der Waals surface area (Å²) in [6.45, 7) is 5.77. The molecule has 0 bridgehead atoms. The number of hydrogen-bond donors (Lipinski definition) is 1. The first-order chi connectivity index (χ1) is 20.4. The minimum atomic E-state index is 0. The van der Waals surface area contributed by atoms with Crippen LogP contribution in [0.5, 0.6) is 0 Å². The van der Waals surface area contributed by atoms with E-state index in [4.69, 9.17) is 0 Å². The predicted molar refractivity (Wildman–Crippen MR) is 184 cm³/mol. The van der Waals surface area contributed by atoms with Gasteiger partial charge < -0.3 is 12.4 Å². The Labute approximate surface area is 271 Å². The summed E-state index contributed by atoms with van der Waals surface area (Å²) in [5.74, 6) is 0. The maximum atomic E-state index is 3.89. The zero-order valence-electron chi connectivity index (χ0n) is 28.7. The molecule has 1 N–H and O–H groups in total. The van der Waals surface area contributed by atoms with Crippen molar-refractivity contribution in [2.45, 2.75) is 213 Å². The number of unbranched alkanes of at least 4 members (excludes halogenated alkanes) is 27. The lowest BCUT2D eigenvalue weighted by Gasteiger charge is -2.14. The van der Waals surface area contributed by atoms with Crippen molar-refractivity contribution in [1.29, 1.82) is 0 Å². The molecule has 0 amide bonds. The summed E-state index contributed by atoms with van der Waals surface area (Å²) in [4.78, 5) is 0. The molecule has 0 saturated heterocycles. The van der Waals surface area contributed by atoms with E-state index in [0.717, 1.165) is 6.54 Å². The molecule has 0 fully saturated rings. The number of hydrogen-bond acceptors (Lipinski definition) is 1. The molecule has 1 unspecified atom stereocenters. The van der Waals surface area contributed by atoms with Crippen molar-refractivity contribution < 1.29 is 17.0 Å². The smallest absolute Gasteiger partial charge is 0.211 e. The summed E-state index contributed by atoms with van der Waals surface area (Å²) in [5, 5.41) is 3.89. The average Bonchev–Trinajstić information content (AvgIpc) is 3.00. The molecule has 0 aliphatic carbocycles. The summed E-state index contributed by atoms with van der Waals surface area (Å²) < 4.78 is 2.40. The Balaban J connectivity index is 0.0000168. The molecule has 1 rings (SSSR count). The predicted octanol–water partition coefficient (Wildman–Crippen LogP) is 9.81. The van der Waals surface area contributed by atoms with E-state index in [1.165, 1.54) is 193 Å². The molecule has 2 nitrogen and oxygen atoms in total. The van der Waals surface area contributed by atoms with Crippen LogP contribution in [0.3, 0.4) is 0 Å². The van der Waals surface area contributed by atoms with Gasteiger partial charge in [-0.3, -0.25) is 5.32 Å². The first kappa shape index (κ1) is 41.4. The largest absolute Gasteiger partial charge is 1.00 e. The quantitative estimate of drug-likeness (QED) is 0.0622. The zero-order chi connectivity index (χ0) is 29.3. The molecule has 0 aromatic carbocycles. The third-order valence-electron chi connectivity index (χ3n) is 9.09. The molecule has 0 aliphatic rings. The Hall–Kier alpha value is -0.600. The Bertz CT molecular complexity index is 574. The molecule has 1 atom stereocenters. The Morgan fingerprint density at radius 3 is 1.07 bits per heavy atom. The summed E-state index contributed by atoms with van der Waals surface area (Å²) >= 11 is 0. The summed E-state index contributed by atoms with van der Waals surface area (Å²) in [7, 11) is 0. The van der Waals surface area contributed by atoms with E-state index in [-0.39, 0.29) is 12.4 Å². The van der Waals surface area contributed by atoms with Gasteiger partial charge in [0.25, 0.3) is 0 Å². The lowest BCUT2D eigenvalue weighted by Crippen LogP contribution is -3.00. The van der Waals surface area contributed by atoms with E-state index in [1.54, 1.807) is 0 Å². The van der Waals surface area contributed by atoms with Crippen molar-refractivity contribution in [3.63, 3.8) is 0 Å². The standard InChI is InChI=1S/C39H75N2.ClH/c1-3-5-7-9-11-13-15-17-19-20-22-24-26-28-31-35-39(41-37-33-30-34-38-41)40-36-32-29-27-25-23-21-18-16-14-12-10-8-6-4-2;/h30,33-34,37-40H,3-29,31-32,35-36H2,1-2H3;1H/q+1;/p-1. The highest BCUT2D eigenvalue weighted by atomic mass is 35.5. The number of pyridine rings is 1. The van der Waals surface area contributed by atoms with E-state index in [0.29, 0.717) is 6.17 Å². The Morgan fingerprint density at radius 2 is 0.714 bits per heavy atom. The molecule has 1 heterocycles. The van der Waals surface area contributed by atoms with Crippen molar-refractivity contribution >= 4 is 0 Å². The molecule has 42 heavy (non-hydrogen) atoms. The SMILES string of the molecule is CCCCCCCCCCCCCCCCCC(NCCCCCCCCCCCCCCCC)[n+]1ccccc1.[Cl-]. The lowest BCUT2D eigenvalue weighted by molar-refractivity contribution is -0.729. The minimum Gasteiger partial charge on any atom is -1.00 e. The molecular formula is C39H75ClN2. The second-order valence-electron chi connectivity index (χ2n) is 13.1. The van der Waals surface area contributed by atoms with Crippen LogP contribution in [0.2, 0.25) is 0 Å². The average molecular weight is 607 g/mol. The van der Waals surface area contributed by atoms with E-state index in [1.807, 2.05) is 0 Å². The van der Waals surface area contributed by atoms with Crippen LogP contribution in [0.25, 0.3) is 0 Å². The molecule has 0 radical (unpaired) electrons. The highest BCUT2D eigenvalue weighted by Gasteiger charge is 2.16. The fourth-order valence-electron chi connectivity index (χ4n) is 6.27. The molecule has 0 spiro atoms. The van der Waals surface area contributed by atoms with Crippen LogP contribution < -0.4 is 22.3 Å². The number of nitrogens with zero attached hydrogens (tertiary/aromatic N) is 1. The van der Waals surface area contributed by atoms with Gasteiger partial charge >= 0.3 is 0 Å². The topological polar surface area (TPSA) is 15.9 Å². The van der Waals surface area contributed by atoms with Crippen LogP contribution in [0, 0.1) is 0 Å². The van der Waals surface area contributed by atoms with Gasteiger partial charge in [0.05, 0.1) is 0 Å². The summed E-state index contributed by atoms with van der Waals surface area (Å²) in [5.41, 5.74) is 0. The van der Waals surface area contributed by atoms with Crippen LogP contribution >= 0.6 is 0 Å². The molecule has 1 aromatic rings. The molecule has 0 aliphatic heterocycles. The van der Waals surface area contributed by atoms with Crippen LogP contribution in [0.15, 0.2) is 30.6 Å². The first-order valence-corrected chi connectivity index (χ1v) is 19.1. The van der Waals surface area contributed by atoms with Crippen molar-refractivity contribution in [3.05, 3.63) is 30.6 Å². The van der Waals surface area contributed by atoms with Crippen LogP contribution in [0.1, 0.15) is 213 Å². The van der Waals surface area contributed by atoms with Gasteiger partial charge in [-0.25, -0.2) is 0 Å². The first-order valence-electron chi connectivity index (χ1n) is 19.1. The van der Waals surface area contributed by atoms with E-state index in [2.05, 4.69) is 54.3 Å². The van der Waals surface area contributed by atoms with Gasteiger partial charge in [-0.2, -0.15) is 4.57 Å².